The normalized spacial score (nSPS) is 53.4. The van der Waals surface area contributed by atoms with Crippen molar-refractivity contribution < 1.29 is 83.3 Å². The van der Waals surface area contributed by atoms with Crippen LogP contribution in [0.4, 0.5) is 4.79 Å². The molecule has 0 aromatic heterocycles. The zero-order valence-corrected chi connectivity index (χ0v) is 39.7. The molecular formula is C43H71N3O17S. The Labute approximate surface area is 378 Å². The molecule has 8 fully saturated rings. The fourth-order valence-corrected chi connectivity index (χ4v) is 14.0. The number of fused-ring (bicyclic) bond motifs is 4. The van der Waals surface area contributed by atoms with Crippen LogP contribution in [0, 0.1) is 10.8 Å². The molecule has 12 unspecified atom stereocenters. The average Bonchev–Trinajstić information content (AvgIpc) is 3.63. The lowest BCUT2D eigenvalue weighted by Crippen LogP contribution is -2.96. The SMILES string of the molecule is CC(=O)NC1C(C)(COCC2(C)C3(C)O[C@](C)(OC(=O)CCCCC4SC[C@@H]5NC(=O)N[C@H]45)C(O)C23O)OC(C)(CO)C(OC[C@]2(C)OC3(CO)OC(C)([C@@]3(C)O)[C@@]2(C)O)C1(C)CO. The minimum atomic E-state index is -1.93. The Morgan fingerprint density at radius 2 is 1.48 bits per heavy atom. The predicted octanol–water partition coefficient (Wildman–Crippen LogP) is -0.914. The van der Waals surface area contributed by atoms with Crippen LogP contribution in [-0.4, -0.2) is 191 Å². The van der Waals surface area contributed by atoms with E-state index in [9.17, 15) is 50.1 Å². The van der Waals surface area contributed by atoms with Crippen LogP contribution >= 0.6 is 11.8 Å². The molecule has 18 atom stereocenters. The van der Waals surface area contributed by atoms with E-state index < -0.39 is 124 Å². The smallest absolute Gasteiger partial charge is 0.315 e. The molecule has 366 valence electrons. The lowest BCUT2D eigenvalue weighted by Gasteiger charge is -2.76. The molecule has 7 heterocycles. The lowest BCUT2D eigenvalue weighted by molar-refractivity contribution is -0.579. The van der Waals surface area contributed by atoms with Crippen molar-refractivity contribution in [3.8, 4) is 0 Å². The van der Waals surface area contributed by atoms with Crippen molar-refractivity contribution in [3.63, 3.8) is 0 Å². The van der Waals surface area contributed by atoms with Gasteiger partial charge in [0.05, 0.1) is 62.7 Å². The van der Waals surface area contributed by atoms with Gasteiger partial charge in [-0.2, -0.15) is 11.8 Å². The van der Waals surface area contributed by atoms with E-state index in [2.05, 4.69) is 16.0 Å². The van der Waals surface area contributed by atoms with Gasteiger partial charge in [0.1, 0.15) is 51.4 Å². The summed E-state index contributed by atoms with van der Waals surface area (Å²) in [7, 11) is 0. The molecule has 20 nitrogen and oxygen atoms in total. The van der Waals surface area contributed by atoms with E-state index in [1.807, 2.05) is 0 Å². The van der Waals surface area contributed by atoms with Crippen molar-refractivity contribution in [2.75, 3.05) is 45.4 Å². The molecule has 64 heavy (non-hydrogen) atoms. The van der Waals surface area contributed by atoms with Crippen molar-refractivity contribution in [1.29, 1.82) is 0 Å². The monoisotopic (exact) mass is 933 g/mol. The van der Waals surface area contributed by atoms with Gasteiger partial charge in [0.25, 0.3) is 0 Å². The summed E-state index contributed by atoms with van der Waals surface area (Å²) in [5, 5.41) is 88.5. The summed E-state index contributed by atoms with van der Waals surface area (Å²) >= 11 is 1.79. The molecule has 8 aliphatic rings. The minimum absolute atomic E-state index is 0.0622. The number of thioether (sulfide) groups is 1. The van der Waals surface area contributed by atoms with Gasteiger partial charge >= 0.3 is 12.0 Å². The molecule has 2 bridgehead atoms. The fourth-order valence-electron chi connectivity index (χ4n) is 12.5. The van der Waals surface area contributed by atoms with Crippen LogP contribution < -0.4 is 16.0 Å². The van der Waals surface area contributed by atoms with Crippen LogP contribution in [0.15, 0.2) is 0 Å². The molecule has 1 aliphatic carbocycles. The van der Waals surface area contributed by atoms with Gasteiger partial charge in [-0.1, -0.05) is 20.3 Å². The van der Waals surface area contributed by atoms with Crippen molar-refractivity contribution in [2.24, 2.45) is 10.8 Å². The second-order valence-corrected chi connectivity index (χ2v) is 22.7. The number of unbranched alkanes of at least 4 members (excludes halogenated alkanes) is 1. The van der Waals surface area contributed by atoms with E-state index in [0.717, 1.165) is 18.6 Å². The highest BCUT2D eigenvalue weighted by Crippen LogP contribution is 2.75. The first kappa shape index (κ1) is 49.9. The fraction of sp³-hybridized carbons (Fsp3) is 0.930. The molecule has 1 saturated carbocycles. The molecule has 0 aromatic carbocycles. The quantitative estimate of drug-likeness (QED) is 0.0480. The molecule has 3 amide bonds. The van der Waals surface area contributed by atoms with Crippen molar-refractivity contribution in [1.82, 2.24) is 16.0 Å². The second-order valence-electron chi connectivity index (χ2n) is 21.4. The van der Waals surface area contributed by atoms with Crippen LogP contribution in [-0.2, 0) is 42.7 Å². The van der Waals surface area contributed by atoms with E-state index in [1.54, 1.807) is 46.4 Å². The maximum absolute atomic E-state index is 13.1. The maximum atomic E-state index is 13.1. The van der Waals surface area contributed by atoms with Gasteiger partial charge in [-0.25, -0.2) is 4.79 Å². The third-order valence-corrected chi connectivity index (χ3v) is 18.5. The minimum Gasteiger partial charge on any atom is -0.430 e. The standard InChI is InChI=1S/C43H71N3O17S/c1-23(50)44-28-32(2,17-47)30(58-22-36(6)38(8,54)41(11)39(9,55)42(19-49,61-36)63-41)33(3,18-48)60-34(28,4)20-57-21-35(5)40(10)43(35,56)29(52)37(7,62-40)59-26(51)15-13-12-14-25-27-24(16-64-25)45-31(53)46-27/h24-25,27-30,47-49,52,54-56H,12-22H2,1-11H3,(H,44,50)(H2,45,46,53)/t24-,25?,27-,28?,29?,30?,32?,33?,34?,35?,36-,37-,38-,39+,40?,41?,42?,43?/m0/s1. The molecule has 0 radical (unpaired) electrons. The highest BCUT2D eigenvalue weighted by Gasteiger charge is 2.94. The van der Waals surface area contributed by atoms with E-state index >= 15 is 0 Å². The summed E-state index contributed by atoms with van der Waals surface area (Å²) in [6.45, 7) is 13.8. The van der Waals surface area contributed by atoms with E-state index in [1.165, 1.54) is 41.5 Å². The Hall–Kier alpha value is -1.96. The number of hydrogen-bond acceptors (Lipinski definition) is 18. The molecular weight excluding hydrogens is 863 g/mol. The number of carbonyl (C=O) groups is 3. The molecule has 0 spiro atoms. The summed E-state index contributed by atoms with van der Waals surface area (Å²) in [6, 6.07) is -1.04. The van der Waals surface area contributed by atoms with Gasteiger partial charge in [0.2, 0.25) is 17.5 Å². The number of hydrogen-bond donors (Lipinski definition) is 10. The molecule has 10 N–H and O–H groups in total. The highest BCUT2D eigenvalue weighted by atomic mass is 32.2. The van der Waals surface area contributed by atoms with Crippen LogP contribution in [0.1, 0.15) is 102 Å². The number of rotatable bonds is 17. The summed E-state index contributed by atoms with van der Waals surface area (Å²) < 4.78 is 43.5. The molecule has 8 rings (SSSR count). The van der Waals surface area contributed by atoms with Gasteiger partial charge < -0.3 is 84.9 Å². The Kier molecular flexibility index (Phi) is 12.1. The number of nitrogens with one attached hydrogen (secondary N) is 3. The summed E-state index contributed by atoms with van der Waals surface area (Å²) in [4.78, 5) is 37.6. The number of urea groups is 1. The van der Waals surface area contributed by atoms with Gasteiger partial charge in [-0.3, -0.25) is 9.59 Å². The summed E-state index contributed by atoms with van der Waals surface area (Å²) in [5.74, 6) is -3.99. The lowest BCUT2D eigenvalue weighted by atomic mass is 9.56. The van der Waals surface area contributed by atoms with Crippen LogP contribution in [0.5, 0.6) is 0 Å². The number of aliphatic hydroxyl groups is 7. The van der Waals surface area contributed by atoms with Crippen LogP contribution in [0.2, 0.25) is 0 Å². The zero-order chi connectivity index (χ0) is 47.8. The highest BCUT2D eigenvalue weighted by molar-refractivity contribution is 8.00. The number of amides is 3. The van der Waals surface area contributed by atoms with Gasteiger partial charge in [-0.05, 0) is 61.3 Å². The predicted molar refractivity (Wildman–Crippen MR) is 225 cm³/mol. The number of aliphatic hydroxyl groups excluding tert-OH is 4. The number of ether oxygens (including phenoxy) is 7. The zero-order valence-electron chi connectivity index (χ0n) is 38.9. The Balaban J connectivity index is 1.00. The van der Waals surface area contributed by atoms with E-state index in [0.29, 0.717) is 6.42 Å². The molecule has 21 heteroatoms. The Morgan fingerprint density at radius 1 is 0.812 bits per heavy atom. The first-order valence-electron chi connectivity index (χ1n) is 22.2. The maximum Gasteiger partial charge on any atom is 0.315 e. The van der Waals surface area contributed by atoms with Crippen molar-refractivity contribution in [2.45, 2.75) is 194 Å². The molecule has 0 aromatic rings. The second kappa shape index (κ2) is 15.5. The third-order valence-electron chi connectivity index (χ3n) is 17.0. The molecule has 7 saturated heterocycles. The van der Waals surface area contributed by atoms with Crippen LogP contribution in [0.3, 0.4) is 0 Å². The topological polar surface area (TPSA) is 294 Å². The van der Waals surface area contributed by atoms with Gasteiger partial charge in [0.15, 0.2) is 6.10 Å². The first-order valence-corrected chi connectivity index (χ1v) is 23.3. The van der Waals surface area contributed by atoms with E-state index in [-0.39, 0.29) is 43.0 Å². The Bertz CT molecular complexity index is 1880. The number of carbonyl (C=O) groups excluding carboxylic acids is 3. The number of esters is 1. The molecule has 7 aliphatic heterocycles. The third kappa shape index (κ3) is 6.53. The summed E-state index contributed by atoms with van der Waals surface area (Å²) in [6.07, 6.45) is -0.752. The average molecular weight is 934 g/mol. The summed E-state index contributed by atoms with van der Waals surface area (Å²) in [5.41, 5.74) is -16.1. The van der Waals surface area contributed by atoms with Crippen molar-refractivity contribution in [3.05, 3.63) is 0 Å². The van der Waals surface area contributed by atoms with Gasteiger partial charge in [-0.15, -0.1) is 0 Å². The van der Waals surface area contributed by atoms with Crippen LogP contribution in [0.25, 0.3) is 0 Å². The van der Waals surface area contributed by atoms with Gasteiger partial charge in [0, 0.05) is 36.7 Å². The van der Waals surface area contributed by atoms with Crippen molar-refractivity contribution >= 4 is 29.7 Å². The Morgan fingerprint density at radius 3 is 2.05 bits per heavy atom. The van der Waals surface area contributed by atoms with E-state index in [4.69, 9.17) is 33.2 Å². The first-order chi connectivity index (χ1) is 29.4. The largest absolute Gasteiger partial charge is 0.430 e.